The molecule has 98 valence electrons. The standard InChI is InChI=1S/C13H16BrNO3/c1-9-4-10(6-11(14)5-9)13(16)15-7-12-8-17-2-3-18-12/h4-6,12H,2-3,7-8H2,1H3,(H,15,16). The number of amides is 1. The molecule has 1 aromatic carbocycles. The van der Waals surface area contributed by atoms with Crippen LogP contribution in [-0.4, -0.2) is 38.4 Å². The van der Waals surface area contributed by atoms with Gasteiger partial charge in [-0.15, -0.1) is 0 Å². The fourth-order valence-electron chi connectivity index (χ4n) is 1.83. The molecule has 0 saturated carbocycles. The van der Waals surface area contributed by atoms with E-state index in [9.17, 15) is 4.79 Å². The highest BCUT2D eigenvalue weighted by atomic mass is 79.9. The third-order valence-corrected chi connectivity index (χ3v) is 3.14. The minimum absolute atomic E-state index is 0.0454. The summed E-state index contributed by atoms with van der Waals surface area (Å²) in [5.74, 6) is -0.0893. The van der Waals surface area contributed by atoms with E-state index < -0.39 is 0 Å². The second kappa shape index (κ2) is 6.31. The van der Waals surface area contributed by atoms with Crippen molar-refractivity contribution in [1.82, 2.24) is 5.32 Å². The van der Waals surface area contributed by atoms with Crippen LogP contribution >= 0.6 is 15.9 Å². The predicted octanol–water partition coefficient (Wildman–Crippen LogP) is 1.90. The summed E-state index contributed by atoms with van der Waals surface area (Å²) in [5.41, 5.74) is 1.70. The van der Waals surface area contributed by atoms with Gasteiger partial charge in [0.15, 0.2) is 0 Å². The van der Waals surface area contributed by atoms with E-state index in [1.807, 2.05) is 19.1 Å². The van der Waals surface area contributed by atoms with Crippen molar-refractivity contribution in [3.05, 3.63) is 33.8 Å². The first-order chi connectivity index (χ1) is 8.65. The monoisotopic (exact) mass is 313 g/mol. The van der Waals surface area contributed by atoms with Crippen LogP contribution in [0, 0.1) is 6.92 Å². The summed E-state index contributed by atoms with van der Waals surface area (Å²) in [4.78, 5) is 12.0. The highest BCUT2D eigenvalue weighted by Gasteiger charge is 2.15. The Morgan fingerprint density at radius 1 is 1.44 bits per heavy atom. The van der Waals surface area contributed by atoms with Crippen molar-refractivity contribution >= 4 is 21.8 Å². The minimum atomic E-state index is -0.0893. The highest BCUT2D eigenvalue weighted by molar-refractivity contribution is 9.10. The number of carbonyl (C=O) groups is 1. The van der Waals surface area contributed by atoms with Crippen LogP contribution in [0.1, 0.15) is 15.9 Å². The Bertz CT molecular complexity index is 410. The van der Waals surface area contributed by atoms with Gasteiger partial charge in [0, 0.05) is 16.6 Å². The van der Waals surface area contributed by atoms with Gasteiger partial charge >= 0.3 is 0 Å². The molecule has 0 aliphatic carbocycles. The molecule has 1 aliphatic rings. The third kappa shape index (κ3) is 3.80. The Kier molecular flexibility index (Phi) is 4.74. The molecule has 1 amide bonds. The lowest BCUT2D eigenvalue weighted by Gasteiger charge is -2.23. The molecule has 18 heavy (non-hydrogen) atoms. The Balaban J connectivity index is 1.90. The molecule has 1 saturated heterocycles. The SMILES string of the molecule is Cc1cc(Br)cc(C(=O)NCC2COCCO2)c1. The lowest BCUT2D eigenvalue weighted by molar-refractivity contribution is -0.0855. The van der Waals surface area contributed by atoms with E-state index in [4.69, 9.17) is 9.47 Å². The van der Waals surface area contributed by atoms with Crippen LogP contribution in [0.3, 0.4) is 0 Å². The maximum absolute atomic E-state index is 12.0. The Morgan fingerprint density at radius 3 is 2.94 bits per heavy atom. The minimum Gasteiger partial charge on any atom is -0.376 e. The van der Waals surface area contributed by atoms with E-state index in [1.165, 1.54) is 0 Å². The van der Waals surface area contributed by atoms with Gasteiger partial charge < -0.3 is 14.8 Å². The molecule has 1 aliphatic heterocycles. The van der Waals surface area contributed by atoms with E-state index in [0.717, 1.165) is 10.0 Å². The first-order valence-electron chi connectivity index (χ1n) is 5.90. The van der Waals surface area contributed by atoms with Gasteiger partial charge in [0.1, 0.15) is 0 Å². The van der Waals surface area contributed by atoms with Gasteiger partial charge in [0.2, 0.25) is 0 Å². The van der Waals surface area contributed by atoms with Gasteiger partial charge in [-0.05, 0) is 30.7 Å². The van der Waals surface area contributed by atoms with E-state index in [1.54, 1.807) is 6.07 Å². The summed E-state index contributed by atoms with van der Waals surface area (Å²) in [6, 6.07) is 5.63. The first-order valence-corrected chi connectivity index (χ1v) is 6.69. The summed E-state index contributed by atoms with van der Waals surface area (Å²) in [6.45, 7) is 4.20. The van der Waals surface area contributed by atoms with Crippen molar-refractivity contribution < 1.29 is 14.3 Å². The Labute approximate surface area is 115 Å². The molecule has 1 heterocycles. The lowest BCUT2D eigenvalue weighted by Crippen LogP contribution is -2.39. The van der Waals surface area contributed by atoms with E-state index in [-0.39, 0.29) is 12.0 Å². The van der Waals surface area contributed by atoms with E-state index >= 15 is 0 Å². The fourth-order valence-corrected chi connectivity index (χ4v) is 2.44. The average Bonchev–Trinajstić information content (AvgIpc) is 2.36. The average molecular weight is 314 g/mol. The van der Waals surface area contributed by atoms with Crippen molar-refractivity contribution in [2.24, 2.45) is 0 Å². The molecule has 0 aromatic heterocycles. The van der Waals surface area contributed by atoms with Gasteiger partial charge in [-0.1, -0.05) is 15.9 Å². The number of rotatable bonds is 3. The summed E-state index contributed by atoms with van der Waals surface area (Å²) in [6.07, 6.45) is -0.0454. The van der Waals surface area contributed by atoms with Gasteiger partial charge in [-0.25, -0.2) is 0 Å². The largest absolute Gasteiger partial charge is 0.376 e. The molecular formula is C13H16BrNO3. The van der Waals surface area contributed by atoms with Crippen molar-refractivity contribution in [2.75, 3.05) is 26.4 Å². The van der Waals surface area contributed by atoms with Crippen LogP contribution < -0.4 is 5.32 Å². The van der Waals surface area contributed by atoms with Crippen LogP contribution in [0.2, 0.25) is 0 Å². The zero-order chi connectivity index (χ0) is 13.0. The van der Waals surface area contributed by atoms with Crippen molar-refractivity contribution in [3.63, 3.8) is 0 Å². The summed E-state index contributed by atoms with van der Waals surface area (Å²) in [7, 11) is 0. The first kappa shape index (κ1) is 13.5. The van der Waals surface area contributed by atoms with Crippen molar-refractivity contribution in [2.45, 2.75) is 13.0 Å². The molecule has 1 N–H and O–H groups in total. The molecule has 4 nitrogen and oxygen atoms in total. The Morgan fingerprint density at radius 2 is 2.28 bits per heavy atom. The summed E-state index contributed by atoms with van der Waals surface area (Å²) >= 11 is 3.38. The van der Waals surface area contributed by atoms with Crippen LogP contribution in [0.25, 0.3) is 0 Å². The molecule has 1 unspecified atom stereocenters. The number of aryl methyl sites for hydroxylation is 1. The lowest BCUT2D eigenvalue weighted by atomic mass is 10.1. The molecular weight excluding hydrogens is 298 g/mol. The number of hydrogen-bond donors (Lipinski definition) is 1. The van der Waals surface area contributed by atoms with Crippen LogP contribution in [0.4, 0.5) is 0 Å². The number of carbonyl (C=O) groups excluding carboxylic acids is 1. The maximum Gasteiger partial charge on any atom is 0.251 e. The van der Waals surface area contributed by atoms with Crippen molar-refractivity contribution in [3.8, 4) is 0 Å². The molecule has 1 aromatic rings. The van der Waals surface area contributed by atoms with Gasteiger partial charge in [0.25, 0.3) is 5.91 Å². The van der Waals surface area contributed by atoms with Gasteiger partial charge in [-0.2, -0.15) is 0 Å². The number of nitrogens with one attached hydrogen (secondary N) is 1. The quantitative estimate of drug-likeness (QED) is 0.927. The van der Waals surface area contributed by atoms with Crippen molar-refractivity contribution in [1.29, 1.82) is 0 Å². The maximum atomic E-state index is 12.0. The van der Waals surface area contributed by atoms with E-state index in [2.05, 4.69) is 21.2 Å². The third-order valence-electron chi connectivity index (χ3n) is 2.68. The number of hydrogen-bond acceptors (Lipinski definition) is 3. The number of halogens is 1. The summed E-state index contributed by atoms with van der Waals surface area (Å²) in [5, 5.41) is 2.86. The fraction of sp³-hybridized carbons (Fsp3) is 0.462. The molecule has 0 spiro atoms. The Hall–Kier alpha value is -0.910. The van der Waals surface area contributed by atoms with Gasteiger partial charge in [0.05, 0.1) is 25.9 Å². The van der Waals surface area contributed by atoms with Crippen LogP contribution in [0.15, 0.2) is 22.7 Å². The molecule has 0 radical (unpaired) electrons. The molecule has 1 fully saturated rings. The zero-order valence-corrected chi connectivity index (χ0v) is 11.8. The molecule has 5 heteroatoms. The van der Waals surface area contributed by atoms with Gasteiger partial charge in [-0.3, -0.25) is 4.79 Å². The molecule has 1 atom stereocenters. The zero-order valence-electron chi connectivity index (χ0n) is 10.2. The smallest absolute Gasteiger partial charge is 0.251 e. The highest BCUT2D eigenvalue weighted by Crippen LogP contribution is 2.15. The summed E-state index contributed by atoms with van der Waals surface area (Å²) < 4.78 is 11.6. The van der Waals surface area contributed by atoms with Crippen LogP contribution in [0.5, 0.6) is 0 Å². The normalized spacial score (nSPS) is 19.6. The second-order valence-electron chi connectivity index (χ2n) is 4.29. The molecule has 0 bridgehead atoms. The number of benzene rings is 1. The van der Waals surface area contributed by atoms with Crippen LogP contribution in [-0.2, 0) is 9.47 Å². The predicted molar refractivity (Wildman–Crippen MR) is 71.8 cm³/mol. The topological polar surface area (TPSA) is 47.6 Å². The number of ether oxygens (including phenoxy) is 2. The molecule has 2 rings (SSSR count). The van der Waals surface area contributed by atoms with E-state index in [0.29, 0.717) is 31.9 Å². The second-order valence-corrected chi connectivity index (χ2v) is 5.21.